The highest BCUT2D eigenvalue weighted by molar-refractivity contribution is 8.45. The van der Waals surface area contributed by atoms with Gasteiger partial charge in [0.25, 0.3) is 0 Å². The minimum absolute atomic E-state index is 0.0156. The van der Waals surface area contributed by atoms with Crippen LogP contribution in [0.4, 0.5) is 19.4 Å². The van der Waals surface area contributed by atoms with E-state index in [4.69, 9.17) is 0 Å². The molecule has 0 saturated carbocycles. The molecule has 0 aliphatic carbocycles. The van der Waals surface area contributed by atoms with Crippen molar-refractivity contribution in [3.05, 3.63) is 30.5 Å². The van der Waals surface area contributed by atoms with Gasteiger partial charge in [0.05, 0.1) is 5.52 Å². The monoisotopic (exact) mass is 271 g/mol. The molecule has 0 aliphatic rings. The van der Waals surface area contributed by atoms with Gasteiger partial charge in [0, 0.05) is 11.6 Å². The number of aromatic hydroxyl groups is 1. The van der Waals surface area contributed by atoms with Crippen LogP contribution in [0.2, 0.25) is 0 Å². The molecule has 0 bridgehead atoms. The molecule has 0 amide bonds. The van der Waals surface area contributed by atoms with Crippen molar-refractivity contribution in [1.29, 1.82) is 0 Å². The Kier molecular flexibility index (Phi) is 1.84. The lowest BCUT2D eigenvalue weighted by Crippen LogP contribution is -2.05. The number of rotatable bonds is 1. The highest BCUT2D eigenvalue weighted by Gasteiger charge is 2.65. The Morgan fingerprint density at radius 3 is 2.24 bits per heavy atom. The van der Waals surface area contributed by atoms with Crippen LogP contribution in [-0.2, 0) is 0 Å². The molecule has 0 saturated heterocycles. The number of benzene rings is 1. The molecule has 0 radical (unpaired) electrons. The van der Waals surface area contributed by atoms with Gasteiger partial charge in [0.2, 0.25) is 0 Å². The first-order chi connectivity index (χ1) is 7.47. The smallest absolute Gasteiger partial charge is 0.310 e. The maximum Gasteiger partial charge on any atom is 0.310 e. The van der Waals surface area contributed by atoms with Gasteiger partial charge >= 0.3 is 10.2 Å². The summed E-state index contributed by atoms with van der Waals surface area (Å²) in [7, 11) is -9.69. The van der Waals surface area contributed by atoms with Gasteiger partial charge in [-0.3, -0.25) is 4.98 Å². The first kappa shape index (κ1) is 11.9. The predicted octanol–water partition coefficient (Wildman–Crippen LogP) is 4.60. The summed E-state index contributed by atoms with van der Waals surface area (Å²) < 4.78 is 62.4. The molecule has 1 N–H and O–H groups in total. The van der Waals surface area contributed by atoms with Crippen molar-refractivity contribution in [2.24, 2.45) is 0 Å². The number of pyridine rings is 1. The minimum atomic E-state index is -9.69. The lowest BCUT2D eigenvalue weighted by Gasteiger charge is -2.40. The topological polar surface area (TPSA) is 33.1 Å². The molecule has 1 heterocycles. The quantitative estimate of drug-likeness (QED) is 0.769. The van der Waals surface area contributed by atoms with Crippen molar-refractivity contribution >= 4 is 21.1 Å². The van der Waals surface area contributed by atoms with E-state index in [1.807, 2.05) is 0 Å². The van der Waals surface area contributed by atoms with Crippen LogP contribution in [0.5, 0.6) is 5.75 Å². The number of hydrogen-bond donors (Lipinski definition) is 1. The van der Waals surface area contributed by atoms with Crippen LogP contribution in [0.1, 0.15) is 0 Å². The summed E-state index contributed by atoms with van der Waals surface area (Å²) in [6.45, 7) is 0. The molecular weight excluding hydrogens is 265 g/mol. The lowest BCUT2D eigenvalue weighted by molar-refractivity contribution is 0.364. The van der Waals surface area contributed by atoms with Gasteiger partial charge in [-0.2, -0.15) is 0 Å². The number of nitrogens with zero attached hydrogens (tertiary/aromatic N) is 1. The number of hydrogen-bond acceptors (Lipinski definition) is 2. The van der Waals surface area contributed by atoms with Gasteiger partial charge in [-0.25, -0.2) is 0 Å². The SMILES string of the molecule is Oc1ccnc2cc(S(F)(F)(F)(F)F)ccc12. The van der Waals surface area contributed by atoms with E-state index in [-0.39, 0.29) is 28.8 Å². The Morgan fingerprint density at radius 1 is 1.00 bits per heavy atom. The van der Waals surface area contributed by atoms with E-state index in [1.165, 1.54) is 0 Å². The second-order valence-corrected chi connectivity index (χ2v) is 5.89. The molecular formula is C9H6F5NOS. The zero-order valence-electron chi connectivity index (χ0n) is 8.08. The van der Waals surface area contributed by atoms with E-state index in [2.05, 4.69) is 4.98 Å². The molecule has 94 valence electrons. The van der Waals surface area contributed by atoms with Gasteiger partial charge < -0.3 is 5.11 Å². The molecule has 0 atom stereocenters. The molecule has 0 aliphatic heterocycles. The van der Waals surface area contributed by atoms with Crippen LogP contribution in [0.15, 0.2) is 35.4 Å². The molecule has 0 spiro atoms. The summed E-state index contributed by atoms with van der Waals surface area (Å²) in [5.74, 6) is -0.316. The zero-order chi connectivity index (χ0) is 13.0. The fraction of sp³-hybridized carbons (Fsp3) is 0. The summed E-state index contributed by atoms with van der Waals surface area (Å²) in [5, 5.41) is 9.28. The van der Waals surface area contributed by atoms with Gasteiger partial charge in [0.15, 0.2) is 0 Å². The van der Waals surface area contributed by atoms with Crippen molar-refractivity contribution in [3.8, 4) is 5.75 Å². The third-order valence-electron chi connectivity index (χ3n) is 2.14. The van der Waals surface area contributed by atoms with Crippen molar-refractivity contribution in [2.75, 3.05) is 0 Å². The van der Waals surface area contributed by atoms with Crippen molar-refractivity contribution in [1.82, 2.24) is 4.98 Å². The molecule has 8 heteroatoms. The van der Waals surface area contributed by atoms with Crippen molar-refractivity contribution in [2.45, 2.75) is 4.90 Å². The molecule has 1 aromatic carbocycles. The van der Waals surface area contributed by atoms with Gasteiger partial charge in [-0.05, 0) is 24.3 Å². The predicted molar refractivity (Wildman–Crippen MR) is 54.8 cm³/mol. The zero-order valence-corrected chi connectivity index (χ0v) is 8.90. The van der Waals surface area contributed by atoms with Crippen molar-refractivity contribution in [3.63, 3.8) is 0 Å². The Bertz CT molecular complexity index is 609. The van der Waals surface area contributed by atoms with Crippen LogP contribution in [0, 0.1) is 0 Å². The van der Waals surface area contributed by atoms with E-state index < -0.39 is 15.1 Å². The molecule has 17 heavy (non-hydrogen) atoms. The summed E-state index contributed by atoms with van der Waals surface area (Å²) in [4.78, 5) is 1.49. The average molecular weight is 271 g/mol. The number of aromatic nitrogens is 1. The third-order valence-corrected chi connectivity index (χ3v) is 3.28. The van der Waals surface area contributed by atoms with Crippen molar-refractivity contribution < 1.29 is 24.5 Å². The molecule has 1 aromatic heterocycles. The maximum absolute atomic E-state index is 12.5. The van der Waals surface area contributed by atoms with Crippen LogP contribution >= 0.6 is 10.2 Å². The summed E-state index contributed by atoms with van der Waals surface area (Å²) >= 11 is 0. The summed E-state index contributed by atoms with van der Waals surface area (Å²) in [6.07, 6.45) is 1.03. The maximum atomic E-state index is 12.5. The third kappa shape index (κ3) is 2.26. The highest BCUT2D eigenvalue weighted by Crippen LogP contribution is 3.02. The largest absolute Gasteiger partial charge is 0.507 e. The lowest BCUT2D eigenvalue weighted by atomic mass is 10.2. The number of fused-ring (bicyclic) bond motifs is 1. The Balaban J connectivity index is 2.78. The van der Waals surface area contributed by atoms with Crippen LogP contribution in [0.3, 0.4) is 0 Å². The fourth-order valence-corrected chi connectivity index (χ4v) is 2.01. The van der Waals surface area contributed by atoms with E-state index >= 15 is 0 Å². The molecule has 2 rings (SSSR count). The van der Waals surface area contributed by atoms with Crippen LogP contribution < -0.4 is 0 Å². The molecule has 0 fully saturated rings. The summed E-state index contributed by atoms with van der Waals surface area (Å²) in [5.41, 5.74) is -0.337. The number of halogens is 5. The van der Waals surface area contributed by atoms with Crippen LogP contribution in [-0.4, -0.2) is 10.1 Å². The van der Waals surface area contributed by atoms with E-state index in [9.17, 15) is 24.5 Å². The summed E-state index contributed by atoms with van der Waals surface area (Å²) in [6, 6.07) is 2.40. The standard InChI is InChI=1S/C9H6F5NOS/c10-17(11,12,13,14)6-1-2-7-8(5-6)15-4-3-9(7)16/h1-5H,(H,15,16). The van der Waals surface area contributed by atoms with E-state index in [0.717, 1.165) is 18.3 Å². The minimum Gasteiger partial charge on any atom is -0.507 e. The second kappa shape index (κ2) is 2.63. The first-order valence-corrected chi connectivity index (χ1v) is 6.24. The van der Waals surface area contributed by atoms with Gasteiger partial charge in [-0.1, -0.05) is 19.4 Å². The molecule has 0 unspecified atom stereocenters. The Hall–Kier alpha value is -1.57. The normalized spacial score (nSPS) is 16.5. The van der Waals surface area contributed by atoms with Gasteiger partial charge in [0.1, 0.15) is 10.6 Å². The fourth-order valence-electron chi connectivity index (χ4n) is 1.35. The Morgan fingerprint density at radius 2 is 1.65 bits per heavy atom. The van der Waals surface area contributed by atoms with Gasteiger partial charge in [-0.15, -0.1) is 0 Å². The first-order valence-electron chi connectivity index (χ1n) is 4.29. The van der Waals surface area contributed by atoms with Crippen LogP contribution in [0.25, 0.3) is 10.9 Å². The Labute approximate surface area is 92.4 Å². The highest BCUT2D eigenvalue weighted by atomic mass is 32.5. The molecule has 2 nitrogen and oxygen atoms in total. The molecule has 2 aromatic rings. The van der Waals surface area contributed by atoms with E-state index in [0.29, 0.717) is 0 Å². The average Bonchev–Trinajstić information content (AvgIpc) is 2.14. The van der Waals surface area contributed by atoms with E-state index in [1.54, 1.807) is 0 Å². The second-order valence-electron chi connectivity index (χ2n) is 3.48.